The third kappa shape index (κ3) is 4.27. The van der Waals surface area contributed by atoms with Crippen LogP contribution in [0.5, 0.6) is 11.5 Å². The molecule has 0 spiro atoms. The largest absolute Gasteiger partial charge is 0.465 e. The van der Waals surface area contributed by atoms with Crippen LogP contribution in [0.2, 0.25) is 0 Å². The van der Waals surface area contributed by atoms with Crippen molar-refractivity contribution in [3.05, 3.63) is 27.8 Å². The highest BCUT2D eigenvalue weighted by molar-refractivity contribution is 7.99. The van der Waals surface area contributed by atoms with Crippen LogP contribution < -0.4 is 9.47 Å². The summed E-state index contributed by atoms with van der Waals surface area (Å²) in [7, 11) is 0. The second-order valence-corrected chi connectivity index (χ2v) is 5.82. The van der Waals surface area contributed by atoms with Gasteiger partial charge in [-0.1, -0.05) is 7.43 Å². The Hall–Kier alpha value is -1.96. The van der Waals surface area contributed by atoms with Crippen LogP contribution in [-0.4, -0.2) is 30.0 Å². The lowest BCUT2D eigenvalue weighted by Gasteiger charge is -2.12. The molecule has 1 aromatic carbocycles. The average Bonchev–Trinajstić information content (AvgIpc) is 2.88. The van der Waals surface area contributed by atoms with E-state index in [0.717, 1.165) is 0 Å². The first kappa shape index (κ1) is 18.1. The van der Waals surface area contributed by atoms with Crippen LogP contribution in [0.15, 0.2) is 12.1 Å². The molecule has 1 aromatic rings. The Morgan fingerprint density at radius 2 is 2.09 bits per heavy atom. The topological polar surface area (TPSA) is 87.9 Å². The van der Waals surface area contributed by atoms with Crippen LogP contribution in [-0.2, 0) is 9.53 Å². The predicted molar refractivity (Wildman–Crippen MR) is 83.5 cm³/mol. The van der Waals surface area contributed by atoms with E-state index < -0.39 is 4.92 Å². The molecule has 0 amide bonds. The molecule has 0 aliphatic carbocycles. The van der Waals surface area contributed by atoms with Crippen molar-refractivity contribution in [3.63, 3.8) is 0 Å². The van der Waals surface area contributed by atoms with Crippen molar-refractivity contribution in [2.75, 3.05) is 19.2 Å². The van der Waals surface area contributed by atoms with Gasteiger partial charge < -0.3 is 14.2 Å². The van der Waals surface area contributed by atoms with Gasteiger partial charge >= 0.3 is 5.97 Å². The minimum atomic E-state index is -0.430. The van der Waals surface area contributed by atoms with Crippen LogP contribution in [0.3, 0.4) is 0 Å². The minimum absolute atomic E-state index is 0. The third-order valence-corrected chi connectivity index (χ3v) is 4.07. The number of nitro benzene ring substituents is 1. The highest BCUT2D eigenvalue weighted by atomic mass is 32.2. The lowest BCUT2D eigenvalue weighted by molar-refractivity contribution is -0.385. The van der Waals surface area contributed by atoms with Crippen LogP contribution >= 0.6 is 11.8 Å². The summed E-state index contributed by atoms with van der Waals surface area (Å²) in [6.45, 7) is 3.56. The maximum atomic E-state index is 11.2. The molecule has 1 aliphatic heterocycles. The molecule has 0 saturated carbocycles. The number of esters is 1. The number of rotatable bonds is 6. The number of nitrogens with zero attached hydrogens (tertiary/aromatic N) is 1. The van der Waals surface area contributed by atoms with Crippen molar-refractivity contribution in [3.8, 4) is 11.5 Å². The second-order valence-electron chi connectivity index (χ2n) is 4.37. The molecule has 0 saturated heterocycles. The smallest absolute Gasteiger partial charge is 0.302 e. The molecular weight excluding hydrogens is 310 g/mol. The van der Waals surface area contributed by atoms with Gasteiger partial charge in [0.15, 0.2) is 11.5 Å². The summed E-state index contributed by atoms with van der Waals surface area (Å²) in [6.07, 6.45) is 0. The number of hydrogen-bond donors (Lipinski definition) is 0. The van der Waals surface area contributed by atoms with Gasteiger partial charge in [0.05, 0.1) is 11.0 Å². The van der Waals surface area contributed by atoms with Crippen molar-refractivity contribution in [1.29, 1.82) is 0 Å². The molecular formula is C14H19NO6S. The van der Waals surface area contributed by atoms with Gasteiger partial charge in [-0.2, -0.15) is 11.8 Å². The fraction of sp³-hybridized carbons (Fsp3) is 0.500. The molecule has 22 heavy (non-hydrogen) atoms. The van der Waals surface area contributed by atoms with Crippen molar-refractivity contribution >= 4 is 23.4 Å². The van der Waals surface area contributed by atoms with Gasteiger partial charge in [0.2, 0.25) is 6.79 Å². The highest BCUT2D eigenvalue weighted by Crippen LogP contribution is 2.43. The monoisotopic (exact) mass is 329 g/mol. The zero-order valence-corrected chi connectivity index (χ0v) is 12.5. The number of carbonyl (C=O) groups is 1. The molecule has 0 N–H and O–H groups in total. The second kappa shape index (κ2) is 7.88. The molecule has 2 rings (SSSR count). The van der Waals surface area contributed by atoms with Gasteiger partial charge in [-0.3, -0.25) is 14.9 Å². The van der Waals surface area contributed by atoms with E-state index in [0.29, 0.717) is 22.8 Å². The van der Waals surface area contributed by atoms with Crippen molar-refractivity contribution < 1.29 is 23.9 Å². The van der Waals surface area contributed by atoms with Gasteiger partial charge in [0.1, 0.15) is 6.61 Å². The van der Waals surface area contributed by atoms with E-state index in [4.69, 9.17) is 14.2 Å². The zero-order chi connectivity index (χ0) is 15.4. The van der Waals surface area contributed by atoms with Gasteiger partial charge in [-0.05, 0) is 13.0 Å². The fourth-order valence-electron chi connectivity index (χ4n) is 1.93. The summed E-state index contributed by atoms with van der Waals surface area (Å²) < 4.78 is 15.3. The van der Waals surface area contributed by atoms with Crippen molar-refractivity contribution in [2.24, 2.45) is 0 Å². The molecule has 0 bridgehead atoms. The number of ether oxygens (including phenoxy) is 3. The number of benzene rings is 1. The average molecular weight is 329 g/mol. The number of carbonyl (C=O) groups excluding carboxylic acids is 1. The van der Waals surface area contributed by atoms with E-state index in [-0.39, 0.29) is 37.7 Å². The van der Waals surface area contributed by atoms with E-state index in [1.807, 2.05) is 6.92 Å². The Bertz CT molecular complexity index is 563. The predicted octanol–water partition coefficient (Wildman–Crippen LogP) is 3.32. The van der Waals surface area contributed by atoms with Crippen LogP contribution in [0.4, 0.5) is 5.69 Å². The summed E-state index contributed by atoms with van der Waals surface area (Å²) in [5, 5.41) is 11.0. The summed E-state index contributed by atoms with van der Waals surface area (Å²) in [6, 6.07) is 3.03. The lowest BCUT2D eigenvalue weighted by atomic mass is 10.1. The van der Waals surface area contributed by atoms with Crippen molar-refractivity contribution in [2.45, 2.75) is 26.5 Å². The van der Waals surface area contributed by atoms with Crippen LogP contribution in [0.1, 0.15) is 32.1 Å². The molecule has 0 radical (unpaired) electrons. The minimum Gasteiger partial charge on any atom is -0.465 e. The maximum absolute atomic E-state index is 11.2. The van der Waals surface area contributed by atoms with Crippen LogP contribution in [0, 0.1) is 10.1 Å². The number of hydrogen-bond acceptors (Lipinski definition) is 7. The number of nitro groups is 1. The Kier molecular flexibility index (Phi) is 6.48. The highest BCUT2D eigenvalue weighted by Gasteiger charge is 2.26. The van der Waals surface area contributed by atoms with E-state index in [9.17, 15) is 14.9 Å². The van der Waals surface area contributed by atoms with E-state index in [1.54, 1.807) is 6.07 Å². The molecule has 1 aliphatic rings. The van der Waals surface area contributed by atoms with Gasteiger partial charge in [0, 0.05) is 23.5 Å². The summed E-state index contributed by atoms with van der Waals surface area (Å²) in [4.78, 5) is 21.4. The molecule has 1 heterocycles. The fourth-order valence-corrected chi connectivity index (χ4v) is 2.83. The zero-order valence-electron chi connectivity index (χ0n) is 11.7. The molecule has 7 nitrogen and oxygen atoms in total. The Labute approximate surface area is 133 Å². The van der Waals surface area contributed by atoms with Crippen LogP contribution in [0.25, 0.3) is 0 Å². The normalized spacial score (nSPS) is 13.2. The quantitative estimate of drug-likeness (QED) is 0.342. The molecule has 0 aromatic heterocycles. The van der Waals surface area contributed by atoms with Gasteiger partial charge in [-0.15, -0.1) is 0 Å². The van der Waals surface area contributed by atoms with Gasteiger partial charge in [-0.25, -0.2) is 0 Å². The molecule has 8 heteroatoms. The SMILES string of the molecule is C.CC(=O)OCCSC(C)c1cc2c(cc1[N+](=O)[O-])OCO2. The first-order valence-corrected chi connectivity index (χ1v) is 7.37. The summed E-state index contributed by atoms with van der Waals surface area (Å²) >= 11 is 1.47. The maximum Gasteiger partial charge on any atom is 0.302 e. The third-order valence-electron chi connectivity index (χ3n) is 2.91. The summed E-state index contributed by atoms with van der Waals surface area (Å²) in [5.74, 6) is 1.13. The number of thioether (sulfide) groups is 1. The number of fused-ring (bicyclic) bond motifs is 1. The Morgan fingerprint density at radius 1 is 1.45 bits per heavy atom. The first-order valence-electron chi connectivity index (χ1n) is 6.32. The van der Waals surface area contributed by atoms with E-state index in [2.05, 4.69) is 0 Å². The molecule has 1 unspecified atom stereocenters. The van der Waals surface area contributed by atoms with E-state index >= 15 is 0 Å². The summed E-state index contributed by atoms with van der Waals surface area (Å²) in [5.41, 5.74) is 0.573. The molecule has 0 fully saturated rings. The Morgan fingerprint density at radius 3 is 2.68 bits per heavy atom. The van der Waals surface area contributed by atoms with Gasteiger partial charge in [0.25, 0.3) is 5.69 Å². The standard InChI is InChI=1S/C13H15NO6S.CH4/c1-8(21-4-3-18-9(2)15)10-5-12-13(20-7-19-12)6-11(10)14(16)17;/h5-6,8H,3-4,7H2,1-2H3;1H4. The molecule has 1 atom stereocenters. The van der Waals surface area contributed by atoms with E-state index in [1.165, 1.54) is 24.8 Å². The Balaban J connectivity index is 0.00000242. The van der Waals surface area contributed by atoms with Crippen molar-refractivity contribution in [1.82, 2.24) is 0 Å². The molecule has 122 valence electrons. The first-order chi connectivity index (χ1) is 9.99. The lowest BCUT2D eigenvalue weighted by Crippen LogP contribution is -2.04.